The van der Waals surface area contributed by atoms with Gasteiger partial charge in [0.1, 0.15) is 6.61 Å². The van der Waals surface area contributed by atoms with E-state index in [0.29, 0.717) is 11.5 Å². The number of carbonyl (C=O) groups is 1. The predicted octanol–water partition coefficient (Wildman–Crippen LogP) is 4.43. The van der Waals surface area contributed by atoms with Gasteiger partial charge in [0, 0.05) is 30.0 Å². The molecule has 4 aromatic rings. The van der Waals surface area contributed by atoms with Gasteiger partial charge in [0.2, 0.25) is 0 Å². The highest BCUT2D eigenvalue weighted by Gasteiger charge is 2.28. The minimum atomic E-state index is -0.344. The number of hydrogen-bond donors (Lipinski definition) is 0. The van der Waals surface area contributed by atoms with Crippen molar-refractivity contribution in [2.75, 3.05) is 0 Å². The molecule has 30 heavy (non-hydrogen) atoms. The first-order valence-corrected chi connectivity index (χ1v) is 10.2. The smallest absolute Gasteiger partial charge is 0.339 e. The number of ether oxygens (including phenoxy) is 1. The van der Waals surface area contributed by atoms with Gasteiger partial charge >= 0.3 is 5.97 Å². The molecule has 0 unspecified atom stereocenters. The zero-order chi connectivity index (χ0) is 20.7. The quantitative estimate of drug-likeness (QED) is 0.447. The standard InChI is InChI=1S/C23H23N5O2/c1-15(2)28-22-20(13-25-28)19(12-21(26-22)17-6-7-17)23(29)30-14-16-4-8-18(9-5-16)27-11-3-10-24-27/h3-5,8-13,15,17H,6-7,14H2,1-2H3. The number of benzene rings is 1. The van der Waals surface area contributed by atoms with Crippen LogP contribution in [0, 0.1) is 0 Å². The average Bonchev–Trinajstić information content (AvgIpc) is 3.28. The largest absolute Gasteiger partial charge is 0.457 e. The minimum Gasteiger partial charge on any atom is -0.457 e. The fraction of sp³-hybridized carbons (Fsp3) is 0.304. The molecule has 1 aromatic carbocycles. The van der Waals surface area contributed by atoms with E-state index in [0.717, 1.165) is 40.8 Å². The van der Waals surface area contributed by atoms with Crippen molar-refractivity contribution < 1.29 is 9.53 Å². The van der Waals surface area contributed by atoms with Crippen molar-refractivity contribution in [2.45, 2.75) is 45.3 Å². The summed E-state index contributed by atoms with van der Waals surface area (Å²) < 4.78 is 9.31. The first-order valence-electron chi connectivity index (χ1n) is 10.2. The van der Waals surface area contributed by atoms with Gasteiger partial charge in [-0.3, -0.25) is 0 Å². The van der Waals surface area contributed by atoms with Gasteiger partial charge in [0.05, 0.1) is 22.8 Å². The number of rotatable bonds is 6. The van der Waals surface area contributed by atoms with E-state index in [1.165, 1.54) is 0 Å². The molecule has 1 aliphatic rings. The molecule has 1 aliphatic carbocycles. The van der Waals surface area contributed by atoms with Crippen LogP contribution in [0.15, 0.2) is 55.0 Å². The molecule has 0 spiro atoms. The van der Waals surface area contributed by atoms with Gasteiger partial charge in [0.25, 0.3) is 0 Å². The Morgan fingerprint density at radius 2 is 2.00 bits per heavy atom. The summed E-state index contributed by atoms with van der Waals surface area (Å²) in [6.07, 6.45) is 7.58. The molecular formula is C23H23N5O2. The van der Waals surface area contributed by atoms with Crippen LogP contribution >= 0.6 is 0 Å². The van der Waals surface area contributed by atoms with E-state index in [1.54, 1.807) is 17.1 Å². The number of hydrogen-bond acceptors (Lipinski definition) is 5. The summed E-state index contributed by atoms with van der Waals surface area (Å²) in [5.74, 6) is 0.0926. The van der Waals surface area contributed by atoms with Crippen LogP contribution in [0.25, 0.3) is 16.7 Å². The van der Waals surface area contributed by atoms with Gasteiger partial charge < -0.3 is 4.74 Å². The van der Waals surface area contributed by atoms with Crippen molar-refractivity contribution in [3.63, 3.8) is 0 Å². The lowest BCUT2D eigenvalue weighted by Gasteiger charge is -2.10. The molecule has 0 aliphatic heterocycles. The number of fused-ring (bicyclic) bond motifs is 1. The Hall–Kier alpha value is -3.48. The third-order valence-corrected chi connectivity index (χ3v) is 5.37. The van der Waals surface area contributed by atoms with Crippen molar-refractivity contribution >= 4 is 17.0 Å². The van der Waals surface area contributed by atoms with Crippen LogP contribution in [0.3, 0.4) is 0 Å². The summed E-state index contributed by atoms with van der Waals surface area (Å²) in [6.45, 7) is 4.32. The van der Waals surface area contributed by atoms with Crippen LogP contribution in [-0.2, 0) is 11.3 Å². The molecule has 152 valence electrons. The summed E-state index contributed by atoms with van der Waals surface area (Å²) in [5.41, 5.74) is 4.14. The van der Waals surface area contributed by atoms with E-state index in [2.05, 4.69) is 24.0 Å². The molecule has 3 heterocycles. The van der Waals surface area contributed by atoms with Gasteiger partial charge in [-0.25, -0.2) is 19.1 Å². The van der Waals surface area contributed by atoms with Crippen LogP contribution in [0.4, 0.5) is 0 Å². The van der Waals surface area contributed by atoms with Gasteiger partial charge in [-0.05, 0) is 56.5 Å². The van der Waals surface area contributed by atoms with E-state index < -0.39 is 0 Å². The van der Waals surface area contributed by atoms with E-state index in [-0.39, 0.29) is 18.6 Å². The SMILES string of the molecule is CC(C)n1ncc2c(C(=O)OCc3ccc(-n4cccn4)cc3)cc(C3CC3)nc21. The lowest BCUT2D eigenvalue weighted by molar-refractivity contribution is 0.0475. The van der Waals surface area contributed by atoms with Gasteiger partial charge in [-0.2, -0.15) is 10.2 Å². The Morgan fingerprint density at radius 1 is 1.20 bits per heavy atom. The van der Waals surface area contributed by atoms with E-state index in [1.807, 2.05) is 47.3 Å². The highest BCUT2D eigenvalue weighted by atomic mass is 16.5. The molecule has 0 N–H and O–H groups in total. The maximum Gasteiger partial charge on any atom is 0.339 e. The molecule has 3 aromatic heterocycles. The minimum absolute atomic E-state index is 0.168. The molecule has 5 rings (SSSR count). The highest BCUT2D eigenvalue weighted by molar-refractivity contribution is 6.02. The van der Waals surface area contributed by atoms with Crippen LogP contribution in [-0.4, -0.2) is 30.5 Å². The first-order chi connectivity index (χ1) is 14.6. The maximum absolute atomic E-state index is 13.0. The average molecular weight is 401 g/mol. The lowest BCUT2D eigenvalue weighted by Crippen LogP contribution is -2.09. The van der Waals surface area contributed by atoms with Crippen molar-refractivity contribution in [1.29, 1.82) is 0 Å². The van der Waals surface area contributed by atoms with Crippen molar-refractivity contribution in [3.05, 3.63) is 71.8 Å². The Labute approximate surface area is 174 Å². The third-order valence-electron chi connectivity index (χ3n) is 5.37. The number of pyridine rings is 1. The lowest BCUT2D eigenvalue weighted by atomic mass is 10.1. The summed E-state index contributed by atoms with van der Waals surface area (Å²) in [6, 6.07) is 11.7. The zero-order valence-corrected chi connectivity index (χ0v) is 17.0. The Balaban J connectivity index is 1.38. The predicted molar refractivity (Wildman–Crippen MR) is 113 cm³/mol. The summed E-state index contributed by atoms with van der Waals surface area (Å²) in [4.78, 5) is 17.8. The molecule has 0 radical (unpaired) electrons. The van der Waals surface area contributed by atoms with Crippen LogP contribution < -0.4 is 0 Å². The second-order valence-electron chi connectivity index (χ2n) is 7.98. The molecule has 0 amide bonds. The second kappa shape index (κ2) is 7.40. The number of nitrogens with zero attached hydrogens (tertiary/aromatic N) is 5. The first kappa shape index (κ1) is 18.5. The third kappa shape index (κ3) is 3.47. The summed E-state index contributed by atoms with van der Waals surface area (Å²) in [5, 5.41) is 9.41. The summed E-state index contributed by atoms with van der Waals surface area (Å²) >= 11 is 0. The van der Waals surface area contributed by atoms with Crippen LogP contribution in [0.2, 0.25) is 0 Å². The molecule has 1 saturated carbocycles. The van der Waals surface area contributed by atoms with Gasteiger partial charge in [0.15, 0.2) is 5.65 Å². The molecule has 7 heteroatoms. The second-order valence-corrected chi connectivity index (χ2v) is 7.98. The molecule has 7 nitrogen and oxygen atoms in total. The van der Waals surface area contributed by atoms with Gasteiger partial charge in [-0.15, -0.1) is 0 Å². The molecule has 0 atom stereocenters. The Bertz CT molecular complexity index is 1190. The number of carbonyl (C=O) groups excluding carboxylic acids is 1. The van der Waals surface area contributed by atoms with E-state index >= 15 is 0 Å². The molecule has 0 bridgehead atoms. The summed E-state index contributed by atoms with van der Waals surface area (Å²) in [7, 11) is 0. The normalized spacial score (nSPS) is 13.8. The van der Waals surface area contributed by atoms with E-state index in [9.17, 15) is 4.79 Å². The Morgan fingerprint density at radius 3 is 2.67 bits per heavy atom. The fourth-order valence-electron chi connectivity index (χ4n) is 3.57. The molecule has 1 fully saturated rings. The maximum atomic E-state index is 13.0. The fourth-order valence-corrected chi connectivity index (χ4v) is 3.57. The number of aromatic nitrogens is 5. The molecular weight excluding hydrogens is 378 g/mol. The Kier molecular flexibility index (Phi) is 4.58. The monoisotopic (exact) mass is 401 g/mol. The zero-order valence-electron chi connectivity index (χ0n) is 17.0. The van der Waals surface area contributed by atoms with Gasteiger partial charge in [-0.1, -0.05) is 12.1 Å². The van der Waals surface area contributed by atoms with E-state index in [4.69, 9.17) is 9.72 Å². The number of esters is 1. The van der Waals surface area contributed by atoms with Crippen molar-refractivity contribution in [1.82, 2.24) is 24.5 Å². The van der Waals surface area contributed by atoms with Crippen molar-refractivity contribution in [2.24, 2.45) is 0 Å². The van der Waals surface area contributed by atoms with Crippen LogP contribution in [0.5, 0.6) is 0 Å². The molecule has 0 saturated heterocycles. The topological polar surface area (TPSA) is 74.8 Å². The van der Waals surface area contributed by atoms with Crippen molar-refractivity contribution in [3.8, 4) is 5.69 Å². The highest BCUT2D eigenvalue weighted by Crippen LogP contribution is 2.40. The van der Waals surface area contributed by atoms with Crippen LogP contribution in [0.1, 0.15) is 60.3 Å².